The van der Waals surface area contributed by atoms with Crippen molar-refractivity contribution in [3.05, 3.63) is 80.4 Å². The highest BCUT2D eigenvalue weighted by Crippen LogP contribution is 2.24. The number of ether oxygens (including phenoxy) is 1. The van der Waals surface area contributed by atoms with Gasteiger partial charge < -0.3 is 15.4 Å². The lowest BCUT2D eigenvalue weighted by atomic mass is 10.1. The highest BCUT2D eigenvalue weighted by molar-refractivity contribution is 5.97. The Morgan fingerprint density at radius 1 is 1.04 bits per heavy atom. The number of hydrogen-bond donors (Lipinski definition) is 2. The molecular weight excluding hydrogens is 322 g/mol. The molecule has 2 aromatic carbocycles. The summed E-state index contributed by atoms with van der Waals surface area (Å²) in [5, 5.41) is 5.77. The summed E-state index contributed by atoms with van der Waals surface area (Å²) in [4.78, 5) is 39.7. The molecule has 0 spiro atoms. The summed E-state index contributed by atoms with van der Waals surface area (Å²) < 4.78 is 4.72. The van der Waals surface area contributed by atoms with Crippen LogP contribution >= 0.6 is 0 Å². The number of carbonyl (C=O) groups excluding carboxylic acids is 1. The number of benzene rings is 1. The first-order valence-corrected chi connectivity index (χ1v) is 7.53. The molecule has 0 aliphatic rings. The van der Waals surface area contributed by atoms with Gasteiger partial charge in [0, 0.05) is 6.20 Å². The smallest absolute Gasteiger partial charge is 0.339 e. The lowest BCUT2D eigenvalue weighted by Gasteiger charge is -2.16. The van der Waals surface area contributed by atoms with E-state index >= 15 is 0 Å². The number of esters is 1. The predicted molar refractivity (Wildman–Crippen MR) is 94.0 cm³/mol. The third kappa shape index (κ3) is 3.25. The van der Waals surface area contributed by atoms with Crippen molar-refractivity contribution in [3.8, 4) is 0 Å². The Morgan fingerprint density at radius 2 is 1.76 bits per heavy atom. The first-order chi connectivity index (χ1) is 12.1. The third-order valence-corrected chi connectivity index (χ3v) is 3.67. The van der Waals surface area contributed by atoms with Crippen LogP contribution in [0.5, 0.6) is 0 Å². The Morgan fingerprint density at radius 3 is 2.48 bits per heavy atom. The van der Waals surface area contributed by atoms with Crippen molar-refractivity contribution in [3.63, 3.8) is 0 Å². The van der Waals surface area contributed by atoms with Crippen LogP contribution in [0.15, 0.2) is 58.3 Å². The number of para-hydroxylation sites is 1. The van der Waals surface area contributed by atoms with Crippen LogP contribution in [0.3, 0.4) is 0 Å². The Kier molecular flexibility index (Phi) is 4.56. The normalized spacial score (nSPS) is 10.4. The van der Waals surface area contributed by atoms with E-state index in [-0.39, 0.29) is 16.9 Å². The number of nitrogens with zero attached hydrogens (tertiary/aromatic N) is 1. The van der Waals surface area contributed by atoms with E-state index < -0.39 is 16.8 Å². The van der Waals surface area contributed by atoms with Crippen LogP contribution in [0.2, 0.25) is 0 Å². The van der Waals surface area contributed by atoms with Gasteiger partial charge in [-0.2, -0.15) is 0 Å². The molecule has 0 bridgehead atoms. The van der Waals surface area contributed by atoms with Crippen molar-refractivity contribution in [2.24, 2.45) is 0 Å². The molecule has 0 saturated heterocycles. The van der Waals surface area contributed by atoms with Crippen LogP contribution in [-0.2, 0) is 11.3 Å². The first-order valence-electron chi connectivity index (χ1n) is 7.53. The zero-order chi connectivity index (χ0) is 17.8. The molecule has 0 amide bonds. The van der Waals surface area contributed by atoms with Gasteiger partial charge in [0.15, 0.2) is 0 Å². The molecule has 0 fully saturated rings. The Labute approximate surface area is 143 Å². The second-order valence-corrected chi connectivity index (χ2v) is 5.25. The second-order valence-electron chi connectivity index (χ2n) is 5.25. The van der Waals surface area contributed by atoms with Crippen molar-refractivity contribution in [2.45, 2.75) is 6.54 Å². The summed E-state index contributed by atoms with van der Waals surface area (Å²) in [7, 11) is 1.27. The SMILES string of the molecule is COC(=O)c1ccccc1Nc1c(NCc2ccccn2)c(=O)c1=O. The molecule has 3 rings (SSSR count). The number of pyridine rings is 1. The molecule has 0 atom stereocenters. The molecule has 0 aliphatic carbocycles. The average molecular weight is 337 g/mol. The van der Waals surface area contributed by atoms with Gasteiger partial charge in [0.2, 0.25) is 0 Å². The third-order valence-electron chi connectivity index (χ3n) is 3.67. The second kappa shape index (κ2) is 6.96. The molecule has 1 heterocycles. The maximum absolute atomic E-state index is 11.9. The van der Waals surface area contributed by atoms with Gasteiger partial charge in [-0.1, -0.05) is 18.2 Å². The fraction of sp³-hybridized carbons (Fsp3) is 0.111. The van der Waals surface area contributed by atoms with Crippen molar-refractivity contribution >= 4 is 23.0 Å². The summed E-state index contributed by atoms with van der Waals surface area (Å²) in [6.07, 6.45) is 1.64. The van der Waals surface area contributed by atoms with Gasteiger partial charge in [-0.25, -0.2) is 4.79 Å². The van der Waals surface area contributed by atoms with Gasteiger partial charge in [-0.3, -0.25) is 14.6 Å². The minimum absolute atomic E-state index is 0.122. The lowest BCUT2D eigenvalue weighted by Crippen LogP contribution is -2.36. The number of rotatable bonds is 6. The van der Waals surface area contributed by atoms with Crippen LogP contribution < -0.4 is 21.5 Å². The number of aromatic nitrogens is 1. The van der Waals surface area contributed by atoms with Crippen LogP contribution in [-0.4, -0.2) is 18.1 Å². The highest BCUT2D eigenvalue weighted by atomic mass is 16.5. The average Bonchev–Trinajstić information content (AvgIpc) is 2.67. The standard InChI is InChI=1S/C18H15N3O4/c1-25-18(24)12-7-2-3-8-13(12)21-15-14(16(22)17(15)23)20-10-11-6-4-5-9-19-11/h2-9,20-21H,10H2,1H3. The fourth-order valence-corrected chi connectivity index (χ4v) is 2.38. The van der Waals surface area contributed by atoms with Gasteiger partial charge in [0.25, 0.3) is 10.9 Å². The van der Waals surface area contributed by atoms with Gasteiger partial charge in [0.1, 0.15) is 11.4 Å². The Bertz CT molecular complexity index is 976. The molecule has 25 heavy (non-hydrogen) atoms. The number of carbonyl (C=O) groups is 1. The molecule has 0 radical (unpaired) electrons. The Hall–Kier alpha value is -3.48. The zero-order valence-electron chi connectivity index (χ0n) is 13.4. The molecule has 1 aromatic heterocycles. The van der Waals surface area contributed by atoms with Crippen molar-refractivity contribution in [1.82, 2.24) is 4.98 Å². The molecular formula is C18H15N3O4. The van der Waals surface area contributed by atoms with Crippen molar-refractivity contribution < 1.29 is 9.53 Å². The number of anilines is 3. The molecule has 7 heteroatoms. The molecule has 0 saturated carbocycles. The van der Waals surface area contributed by atoms with Gasteiger partial charge >= 0.3 is 5.97 Å². The molecule has 3 aromatic rings. The lowest BCUT2D eigenvalue weighted by molar-refractivity contribution is 0.0602. The predicted octanol–water partition coefficient (Wildman–Crippen LogP) is 1.82. The van der Waals surface area contributed by atoms with E-state index in [4.69, 9.17) is 4.74 Å². The van der Waals surface area contributed by atoms with Crippen LogP contribution in [0, 0.1) is 0 Å². The molecule has 2 N–H and O–H groups in total. The van der Waals surface area contributed by atoms with E-state index in [2.05, 4.69) is 15.6 Å². The molecule has 7 nitrogen and oxygen atoms in total. The van der Waals surface area contributed by atoms with Gasteiger partial charge in [0.05, 0.1) is 30.6 Å². The topological polar surface area (TPSA) is 97.4 Å². The summed E-state index contributed by atoms with van der Waals surface area (Å²) in [5.41, 5.74) is 0.456. The monoisotopic (exact) mass is 337 g/mol. The minimum Gasteiger partial charge on any atom is -0.465 e. The number of nitrogens with one attached hydrogen (secondary N) is 2. The van der Waals surface area contributed by atoms with E-state index in [0.717, 1.165) is 5.69 Å². The minimum atomic E-state index is -0.636. The summed E-state index contributed by atoms with van der Waals surface area (Å²) in [6, 6.07) is 12.0. The van der Waals surface area contributed by atoms with Crippen molar-refractivity contribution in [2.75, 3.05) is 17.7 Å². The van der Waals surface area contributed by atoms with Crippen LogP contribution in [0.4, 0.5) is 17.1 Å². The molecule has 126 valence electrons. The van der Waals surface area contributed by atoms with Gasteiger partial charge in [-0.15, -0.1) is 0 Å². The van der Waals surface area contributed by atoms with E-state index in [1.54, 1.807) is 42.6 Å². The summed E-state index contributed by atoms with van der Waals surface area (Å²) in [5.74, 6) is -0.537. The van der Waals surface area contributed by atoms with Crippen molar-refractivity contribution in [1.29, 1.82) is 0 Å². The Balaban J connectivity index is 1.83. The highest BCUT2D eigenvalue weighted by Gasteiger charge is 2.22. The molecule has 0 aliphatic heterocycles. The van der Waals surface area contributed by atoms with Crippen LogP contribution in [0.25, 0.3) is 0 Å². The van der Waals surface area contributed by atoms with E-state index in [0.29, 0.717) is 12.2 Å². The zero-order valence-corrected chi connectivity index (χ0v) is 13.4. The molecule has 0 unspecified atom stereocenters. The van der Waals surface area contributed by atoms with E-state index in [1.807, 2.05) is 6.07 Å². The van der Waals surface area contributed by atoms with E-state index in [9.17, 15) is 14.4 Å². The van der Waals surface area contributed by atoms with Crippen LogP contribution in [0.1, 0.15) is 16.1 Å². The number of methoxy groups -OCH3 is 1. The first kappa shape index (κ1) is 16.4. The fourth-order valence-electron chi connectivity index (χ4n) is 2.38. The largest absolute Gasteiger partial charge is 0.465 e. The van der Waals surface area contributed by atoms with Gasteiger partial charge in [-0.05, 0) is 24.3 Å². The van der Waals surface area contributed by atoms with E-state index in [1.165, 1.54) is 7.11 Å². The summed E-state index contributed by atoms with van der Waals surface area (Å²) >= 11 is 0. The number of hydrogen-bond acceptors (Lipinski definition) is 7. The summed E-state index contributed by atoms with van der Waals surface area (Å²) in [6.45, 7) is 0.305. The quantitative estimate of drug-likeness (QED) is 0.523. The maximum atomic E-state index is 11.9. The maximum Gasteiger partial charge on any atom is 0.339 e.